The highest BCUT2D eigenvalue weighted by atomic mass is 16.6. The molecule has 8 heteroatoms. The van der Waals surface area contributed by atoms with Crippen LogP contribution in [0.1, 0.15) is 6.92 Å². The molecule has 0 bridgehead atoms. The highest BCUT2D eigenvalue weighted by Crippen LogP contribution is 2.30. The van der Waals surface area contributed by atoms with E-state index in [0.29, 0.717) is 24.2 Å². The summed E-state index contributed by atoms with van der Waals surface area (Å²) in [5.41, 5.74) is 7.95. The maximum absolute atomic E-state index is 11.0. The Kier molecular flexibility index (Phi) is 4.39. The Morgan fingerprint density at radius 3 is 2.88 bits per heavy atom. The van der Waals surface area contributed by atoms with Crippen molar-refractivity contribution in [1.29, 1.82) is 0 Å². The second-order valence-electron chi connectivity index (χ2n) is 5.33. The van der Waals surface area contributed by atoms with E-state index in [-0.39, 0.29) is 5.69 Å². The molecule has 0 aliphatic rings. The molecule has 0 fully saturated rings. The fourth-order valence-electron chi connectivity index (χ4n) is 2.66. The van der Waals surface area contributed by atoms with Crippen LogP contribution in [-0.2, 0) is 0 Å². The maximum Gasteiger partial charge on any atom is 0.270 e. The third-order valence-electron chi connectivity index (χ3n) is 3.88. The number of nitro groups is 1. The molecular weight excluding hydrogens is 308 g/mol. The standard InChI is InChI=1S/C16H18N6O2/c1-2-21(8-6-17)15-9-11(5-7-18-15)16-13-10-12(22(23)24)3-4-14(13)19-20-16/h3-5,7,9-10H,2,6,8,17H2,1H3,(H,19,20). The van der Waals surface area contributed by atoms with Crippen molar-refractivity contribution in [3.8, 4) is 11.3 Å². The first-order valence-electron chi connectivity index (χ1n) is 7.68. The number of H-pyrrole nitrogens is 1. The molecule has 3 rings (SSSR count). The van der Waals surface area contributed by atoms with E-state index >= 15 is 0 Å². The van der Waals surface area contributed by atoms with Crippen LogP contribution in [0.3, 0.4) is 0 Å². The lowest BCUT2D eigenvalue weighted by molar-refractivity contribution is -0.384. The lowest BCUT2D eigenvalue weighted by Gasteiger charge is -2.21. The molecule has 2 heterocycles. The van der Waals surface area contributed by atoms with E-state index in [9.17, 15) is 10.1 Å². The number of aromatic nitrogens is 3. The Morgan fingerprint density at radius 1 is 1.33 bits per heavy atom. The van der Waals surface area contributed by atoms with Gasteiger partial charge in [0.05, 0.1) is 10.4 Å². The first-order valence-corrected chi connectivity index (χ1v) is 7.68. The van der Waals surface area contributed by atoms with Gasteiger partial charge in [0.15, 0.2) is 0 Å². The fourth-order valence-corrected chi connectivity index (χ4v) is 2.66. The first kappa shape index (κ1) is 15.9. The molecule has 8 nitrogen and oxygen atoms in total. The van der Waals surface area contributed by atoms with Crippen molar-refractivity contribution in [2.75, 3.05) is 24.5 Å². The van der Waals surface area contributed by atoms with Crippen LogP contribution in [0.4, 0.5) is 11.5 Å². The van der Waals surface area contributed by atoms with Gasteiger partial charge in [-0.15, -0.1) is 0 Å². The monoisotopic (exact) mass is 326 g/mol. The number of rotatable bonds is 6. The van der Waals surface area contributed by atoms with Gasteiger partial charge in [-0.3, -0.25) is 15.2 Å². The lowest BCUT2D eigenvalue weighted by atomic mass is 10.1. The summed E-state index contributed by atoms with van der Waals surface area (Å²) in [4.78, 5) is 17.1. The number of nitrogens with two attached hydrogens (primary N) is 1. The number of hydrogen-bond acceptors (Lipinski definition) is 6. The SMILES string of the molecule is CCN(CCN)c1cc(-c2n[nH]c3ccc([N+](=O)[O-])cc23)ccn1. The Morgan fingerprint density at radius 2 is 2.17 bits per heavy atom. The third-order valence-corrected chi connectivity index (χ3v) is 3.88. The van der Waals surface area contributed by atoms with Gasteiger partial charge in [-0.05, 0) is 25.1 Å². The molecule has 0 radical (unpaired) electrons. The average molecular weight is 326 g/mol. The predicted octanol–water partition coefficient (Wildman–Crippen LogP) is 2.32. The first-order chi connectivity index (χ1) is 11.6. The van der Waals surface area contributed by atoms with Crippen LogP contribution in [0, 0.1) is 10.1 Å². The van der Waals surface area contributed by atoms with Gasteiger partial charge in [-0.25, -0.2) is 4.98 Å². The van der Waals surface area contributed by atoms with Gasteiger partial charge in [0.25, 0.3) is 5.69 Å². The van der Waals surface area contributed by atoms with Gasteiger partial charge in [0.1, 0.15) is 11.5 Å². The molecule has 1 aromatic carbocycles. The zero-order chi connectivity index (χ0) is 17.1. The molecule has 0 spiro atoms. The summed E-state index contributed by atoms with van der Waals surface area (Å²) in [5.74, 6) is 0.807. The van der Waals surface area contributed by atoms with Gasteiger partial charge in [0.2, 0.25) is 0 Å². The average Bonchev–Trinajstić information content (AvgIpc) is 3.02. The van der Waals surface area contributed by atoms with Gasteiger partial charge in [-0.2, -0.15) is 5.10 Å². The molecular formula is C16H18N6O2. The van der Waals surface area contributed by atoms with E-state index in [1.54, 1.807) is 12.3 Å². The van der Waals surface area contributed by atoms with E-state index in [2.05, 4.69) is 20.1 Å². The van der Waals surface area contributed by atoms with Crippen LogP contribution in [0.15, 0.2) is 36.5 Å². The number of fused-ring (bicyclic) bond motifs is 1. The Labute approximate surface area is 138 Å². The molecule has 0 unspecified atom stereocenters. The number of benzene rings is 1. The highest BCUT2D eigenvalue weighted by molar-refractivity contribution is 5.94. The van der Waals surface area contributed by atoms with Crippen molar-refractivity contribution in [3.63, 3.8) is 0 Å². The largest absolute Gasteiger partial charge is 0.356 e. The molecule has 0 aliphatic heterocycles. The molecule has 0 amide bonds. The minimum atomic E-state index is -0.408. The second-order valence-corrected chi connectivity index (χ2v) is 5.33. The quantitative estimate of drug-likeness (QED) is 0.531. The van der Waals surface area contributed by atoms with E-state index in [0.717, 1.165) is 23.4 Å². The van der Waals surface area contributed by atoms with Gasteiger partial charge in [-0.1, -0.05) is 0 Å². The van der Waals surface area contributed by atoms with E-state index in [1.807, 2.05) is 19.1 Å². The summed E-state index contributed by atoms with van der Waals surface area (Å²) in [6.07, 6.45) is 1.71. The van der Waals surface area contributed by atoms with Crippen LogP contribution in [0.25, 0.3) is 22.2 Å². The van der Waals surface area contributed by atoms with Crippen LogP contribution >= 0.6 is 0 Å². The number of non-ortho nitro benzene ring substituents is 1. The summed E-state index contributed by atoms with van der Waals surface area (Å²) in [5, 5.41) is 19.0. The molecule has 2 aromatic heterocycles. The molecule has 24 heavy (non-hydrogen) atoms. The van der Waals surface area contributed by atoms with Crippen molar-refractivity contribution in [2.45, 2.75) is 6.92 Å². The third kappa shape index (κ3) is 2.91. The van der Waals surface area contributed by atoms with Crippen LogP contribution in [-0.4, -0.2) is 39.7 Å². The zero-order valence-corrected chi connectivity index (χ0v) is 13.3. The number of likely N-dealkylation sites (N-methyl/N-ethyl adjacent to an activating group) is 1. The molecule has 0 aliphatic carbocycles. The van der Waals surface area contributed by atoms with Crippen molar-refractivity contribution in [3.05, 3.63) is 46.6 Å². The number of anilines is 1. The number of aromatic amines is 1. The Balaban J connectivity index is 2.07. The number of nitrogens with zero attached hydrogens (tertiary/aromatic N) is 4. The van der Waals surface area contributed by atoms with Crippen molar-refractivity contribution < 1.29 is 4.92 Å². The summed E-state index contributed by atoms with van der Waals surface area (Å²) in [6.45, 7) is 4.08. The minimum Gasteiger partial charge on any atom is -0.356 e. The molecule has 0 atom stereocenters. The number of nitrogens with one attached hydrogen (secondary N) is 1. The number of nitro benzene ring substituents is 1. The minimum absolute atomic E-state index is 0.0396. The summed E-state index contributed by atoms with van der Waals surface area (Å²) in [7, 11) is 0. The molecule has 0 saturated heterocycles. The number of pyridine rings is 1. The highest BCUT2D eigenvalue weighted by Gasteiger charge is 2.14. The summed E-state index contributed by atoms with van der Waals surface area (Å²) >= 11 is 0. The van der Waals surface area contributed by atoms with Crippen molar-refractivity contribution in [2.24, 2.45) is 5.73 Å². The van der Waals surface area contributed by atoms with E-state index in [4.69, 9.17) is 5.73 Å². The summed E-state index contributed by atoms with van der Waals surface area (Å²) in [6, 6.07) is 8.43. The van der Waals surface area contributed by atoms with Crippen molar-refractivity contribution >= 4 is 22.4 Å². The predicted molar refractivity (Wildman–Crippen MR) is 92.9 cm³/mol. The lowest BCUT2D eigenvalue weighted by Crippen LogP contribution is -2.29. The fraction of sp³-hybridized carbons (Fsp3) is 0.250. The normalized spacial score (nSPS) is 10.9. The zero-order valence-electron chi connectivity index (χ0n) is 13.3. The Bertz CT molecular complexity index is 876. The van der Waals surface area contributed by atoms with Crippen LogP contribution < -0.4 is 10.6 Å². The van der Waals surface area contributed by atoms with E-state index in [1.165, 1.54) is 12.1 Å². The molecule has 3 N–H and O–H groups in total. The van der Waals surface area contributed by atoms with E-state index < -0.39 is 4.92 Å². The number of hydrogen-bond donors (Lipinski definition) is 2. The van der Waals surface area contributed by atoms with Gasteiger partial charge in [0, 0.05) is 48.9 Å². The topological polar surface area (TPSA) is 114 Å². The van der Waals surface area contributed by atoms with Crippen molar-refractivity contribution in [1.82, 2.24) is 15.2 Å². The molecule has 0 saturated carbocycles. The Hall–Kier alpha value is -3.00. The van der Waals surface area contributed by atoms with Crippen LogP contribution in [0.5, 0.6) is 0 Å². The smallest absolute Gasteiger partial charge is 0.270 e. The maximum atomic E-state index is 11.0. The summed E-state index contributed by atoms with van der Waals surface area (Å²) < 4.78 is 0. The molecule has 3 aromatic rings. The van der Waals surface area contributed by atoms with Gasteiger partial charge >= 0.3 is 0 Å². The van der Waals surface area contributed by atoms with Gasteiger partial charge < -0.3 is 10.6 Å². The second kappa shape index (κ2) is 6.63. The molecule has 124 valence electrons. The van der Waals surface area contributed by atoms with Crippen LogP contribution in [0.2, 0.25) is 0 Å².